The summed E-state index contributed by atoms with van der Waals surface area (Å²) in [6.45, 7) is 20.6. The molecule has 1 spiro atoms. The second-order valence-corrected chi connectivity index (χ2v) is 25.1. The van der Waals surface area contributed by atoms with Crippen molar-refractivity contribution in [2.24, 2.45) is 29.1 Å². The third-order valence-electron chi connectivity index (χ3n) is 17.5. The molecule has 0 unspecified atom stereocenters. The molecule has 6 N–H and O–H groups in total. The summed E-state index contributed by atoms with van der Waals surface area (Å²) < 4.78 is 31.3. The summed E-state index contributed by atoms with van der Waals surface area (Å²) in [7, 11) is 0. The standard InChI is InChI=1S/C62H86F2N12O5/c1-42(2)26-52(70-60(81)58(79)43(3)27-44-10-7-6-8-11-44)59(80)65-19-25-74-37-48-35-73(36-49(48)38-74)20-14-56(77)67-33-46-13-9-12-45(28-46)32-66-54-31-55(69-41-68-54)75-23-17-62(18-24-75)40-76(39-57(78)71-62)53-30-50(63)47(29-51(53)64)34-72-21-15-61(4,5)16-22-72/h6-13,28-31,41-43,48-49,52,58,79H,14-27,32-40H2,1-5H3,(H,65,80)(H,67,77)(H,70,81)(H,71,78)(H,66,68,69)/t43-,48-,49+,52+,58+/m1/s1. The molecule has 4 amide bonds. The number of anilines is 3. The van der Waals surface area contributed by atoms with Crippen molar-refractivity contribution < 1.29 is 33.1 Å². The maximum atomic E-state index is 15.8. The van der Waals surface area contributed by atoms with Gasteiger partial charge in [0.25, 0.3) is 0 Å². The Morgan fingerprint density at radius 3 is 2.14 bits per heavy atom. The van der Waals surface area contributed by atoms with Crippen LogP contribution >= 0.6 is 0 Å². The molecule has 0 bridgehead atoms. The lowest BCUT2D eigenvalue weighted by Crippen LogP contribution is -2.66. The van der Waals surface area contributed by atoms with Crippen LogP contribution in [0, 0.1) is 40.7 Å². The number of halogens is 2. The van der Waals surface area contributed by atoms with Gasteiger partial charge in [-0.1, -0.05) is 89.2 Å². The zero-order valence-electron chi connectivity index (χ0n) is 48.2. The Labute approximate surface area is 477 Å². The van der Waals surface area contributed by atoms with Crippen LogP contribution in [0.5, 0.6) is 0 Å². The lowest BCUT2D eigenvalue weighted by molar-refractivity contribution is -0.136. The molecule has 5 saturated heterocycles. The fraction of sp³-hybridized carbons (Fsp3) is 0.581. The Hall–Kier alpha value is -6.28. The molecule has 0 aliphatic carbocycles. The van der Waals surface area contributed by atoms with Gasteiger partial charge in [0.1, 0.15) is 41.7 Å². The number of hydrogen-bond acceptors (Lipinski definition) is 13. The van der Waals surface area contributed by atoms with Gasteiger partial charge in [-0.3, -0.25) is 24.1 Å². The van der Waals surface area contributed by atoms with Crippen LogP contribution < -0.4 is 36.4 Å². The van der Waals surface area contributed by atoms with Gasteiger partial charge in [-0.05, 0) is 103 Å². The normalized spacial score (nSPS) is 21.3. The van der Waals surface area contributed by atoms with Gasteiger partial charge in [0.15, 0.2) is 0 Å². The molecular formula is C62H86F2N12O5. The van der Waals surface area contributed by atoms with Crippen LogP contribution in [-0.2, 0) is 45.2 Å². The molecule has 5 aliphatic rings. The smallest absolute Gasteiger partial charge is 0.249 e. The molecule has 9 rings (SSSR count). The number of carbonyl (C=O) groups excluding carboxylic acids is 4. The van der Waals surface area contributed by atoms with Crippen molar-refractivity contribution >= 4 is 41.0 Å². The lowest BCUT2D eigenvalue weighted by atomic mass is 9.82. The third-order valence-corrected chi connectivity index (χ3v) is 17.5. The van der Waals surface area contributed by atoms with E-state index in [-0.39, 0.29) is 47.2 Å². The number of piperidine rings is 2. The first-order valence-electron chi connectivity index (χ1n) is 29.5. The monoisotopic (exact) mass is 1120 g/mol. The first kappa shape index (κ1) is 59.3. The zero-order chi connectivity index (χ0) is 57.3. The summed E-state index contributed by atoms with van der Waals surface area (Å²) in [6.07, 6.45) is 5.02. The highest BCUT2D eigenvalue weighted by molar-refractivity contribution is 5.89. The van der Waals surface area contributed by atoms with Crippen molar-refractivity contribution in [2.75, 3.05) is 100 Å². The van der Waals surface area contributed by atoms with Crippen molar-refractivity contribution in [3.63, 3.8) is 0 Å². The summed E-state index contributed by atoms with van der Waals surface area (Å²) >= 11 is 0. The number of piperazine rings is 1. The minimum Gasteiger partial charge on any atom is -0.383 e. The van der Waals surface area contributed by atoms with E-state index in [1.54, 1.807) is 4.90 Å². The molecule has 1 aromatic heterocycles. The van der Waals surface area contributed by atoms with Gasteiger partial charge in [0.05, 0.1) is 17.8 Å². The van der Waals surface area contributed by atoms with Gasteiger partial charge in [-0.15, -0.1) is 0 Å². The van der Waals surface area contributed by atoms with E-state index in [4.69, 9.17) is 0 Å². The molecule has 81 heavy (non-hydrogen) atoms. The van der Waals surface area contributed by atoms with Crippen LogP contribution in [0.3, 0.4) is 0 Å². The van der Waals surface area contributed by atoms with Crippen molar-refractivity contribution in [3.8, 4) is 0 Å². The van der Waals surface area contributed by atoms with E-state index in [0.29, 0.717) is 108 Å². The molecule has 3 aromatic carbocycles. The number of hydrogen-bond donors (Lipinski definition) is 6. The predicted octanol–water partition coefficient (Wildman–Crippen LogP) is 5.72. The summed E-state index contributed by atoms with van der Waals surface area (Å²) in [5, 5.41) is 26.4. The number of amides is 4. The summed E-state index contributed by atoms with van der Waals surface area (Å²) in [6, 6.07) is 21.6. The Balaban J connectivity index is 0.658. The van der Waals surface area contributed by atoms with E-state index in [9.17, 15) is 24.3 Å². The molecule has 438 valence electrons. The number of rotatable bonds is 23. The highest BCUT2D eigenvalue weighted by Crippen LogP contribution is 2.35. The van der Waals surface area contributed by atoms with Crippen molar-refractivity contribution in [1.29, 1.82) is 0 Å². The molecule has 5 aliphatic heterocycles. The van der Waals surface area contributed by atoms with Gasteiger partial charge >= 0.3 is 0 Å². The Kier molecular flexibility index (Phi) is 19.6. The van der Waals surface area contributed by atoms with Gasteiger partial charge < -0.3 is 51.3 Å². The van der Waals surface area contributed by atoms with E-state index >= 15 is 8.78 Å². The van der Waals surface area contributed by atoms with Gasteiger partial charge in [0, 0.05) is 109 Å². The Morgan fingerprint density at radius 2 is 1.43 bits per heavy atom. The maximum Gasteiger partial charge on any atom is 0.249 e. The van der Waals surface area contributed by atoms with E-state index < -0.39 is 35.2 Å². The van der Waals surface area contributed by atoms with Crippen LogP contribution in [0.25, 0.3) is 0 Å². The number of benzene rings is 3. The number of aromatic nitrogens is 2. The number of likely N-dealkylation sites (tertiary alicyclic amines) is 3. The van der Waals surface area contributed by atoms with E-state index in [1.165, 1.54) is 18.5 Å². The molecule has 17 nitrogen and oxygen atoms in total. The lowest BCUT2D eigenvalue weighted by Gasteiger charge is -2.48. The van der Waals surface area contributed by atoms with Crippen molar-refractivity contribution in [1.82, 2.24) is 45.9 Å². The van der Waals surface area contributed by atoms with Gasteiger partial charge in [-0.2, -0.15) is 0 Å². The van der Waals surface area contributed by atoms with Crippen LogP contribution in [0.15, 0.2) is 79.1 Å². The highest BCUT2D eigenvalue weighted by Gasteiger charge is 2.43. The summed E-state index contributed by atoms with van der Waals surface area (Å²) in [5.41, 5.74) is 3.22. The van der Waals surface area contributed by atoms with Crippen LogP contribution in [-0.4, -0.2) is 156 Å². The van der Waals surface area contributed by atoms with E-state index in [2.05, 4.69) is 76.1 Å². The van der Waals surface area contributed by atoms with E-state index in [0.717, 1.165) is 81.2 Å². The average molecular weight is 1120 g/mol. The first-order valence-corrected chi connectivity index (χ1v) is 29.5. The molecule has 5 atom stereocenters. The minimum atomic E-state index is -1.22. The topological polar surface area (TPSA) is 191 Å². The SMILES string of the molecule is CC(C)C[C@H](NC(=O)[C@@H](O)[C@H](C)Cc1ccccc1)C(=O)NCCN1C[C@@H]2CN(CCC(=O)NCc3cccc(CNc4cc(N5CCC6(CC5)CN(c5cc(F)c(CN7CCC(C)(C)CC7)cc5F)CC(=O)N6)ncn4)c3)C[C@@H]2C1. The quantitative estimate of drug-likeness (QED) is 0.0530. The number of nitrogens with one attached hydrogen (secondary N) is 5. The third kappa shape index (κ3) is 16.3. The van der Waals surface area contributed by atoms with Crippen LogP contribution in [0.1, 0.15) is 95.4 Å². The number of nitrogens with zero attached hydrogens (tertiary/aromatic N) is 7. The Bertz CT molecular complexity index is 2770. The molecule has 0 saturated carbocycles. The number of fused-ring (bicyclic) bond motifs is 1. The largest absolute Gasteiger partial charge is 0.383 e. The fourth-order valence-corrected chi connectivity index (χ4v) is 12.6. The Morgan fingerprint density at radius 1 is 0.753 bits per heavy atom. The summed E-state index contributed by atoms with van der Waals surface area (Å²) in [4.78, 5) is 72.5. The van der Waals surface area contributed by atoms with E-state index in [1.807, 2.05) is 75.4 Å². The predicted molar refractivity (Wildman–Crippen MR) is 311 cm³/mol. The van der Waals surface area contributed by atoms with Crippen molar-refractivity contribution in [3.05, 3.63) is 113 Å². The second kappa shape index (κ2) is 26.8. The van der Waals surface area contributed by atoms with Gasteiger partial charge in [-0.25, -0.2) is 18.7 Å². The van der Waals surface area contributed by atoms with Gasteiger partial charge in [0.2, 0.25) is 23.6 Å². The summed E-state index contributed by atoms with van der Waals surface area (Å²) in [5.74, 6) is 0.422. The zero-order valence-corrected chi connectivity index (χ0v) is 48.2. The maximum absolute atomic E-state index is 15.8. The number of carbonyl (C=O) groups is 4. The highest BCUT2D eigenvalue weighted by atomic mass is 19.1. The molecule has 4 aromatic rings. The number of aliphatic hydroxyl groups excluding tert-OH is 1. The van der Waals surface area contributed by atoms with Crippen molar-refractivity contribution in [2.45, 2.75) is 117 Å². The van der Waals surface area contributed by atoms with Crippen LogP contribution in [0.4, 0.5) is 26.1 Å². The average Bonchev–Trinajstić information content (AvgIpc) is 4.17. The first-order chi connectivity index (χ1) is 38.8. The molecule has 0 radical (unpaired) electrons. The molecular weight excluding hydrogens is 1030 g/mol. The minimum absolute atomic E-state index is 0.0123. The molecule has 6 heterocycles. The fourth-order valence-electron chi connectivity index (χ4n) is 12.6. The second-order valence-electron chi connectivity index (χ2n) is 25.1. The van der Waals surface area contributed by atoms with Crippen LogP contribution in [0.2, 0.25) is 0 Å². The number of aliphatic hydroxyl groups is 1. The molecule has 5 fully saturated rings. The molecule has 19 heteroatoms.